The molecule has 0 bridgehead atoms. The third kappa shape index (κ3) is 6.65. The highest BCUT2D eigenvalue weighted by Crippen LogP contribution is 2.30. The molecule has 2 amide bonds. The zero-order valence-electron chi connectivity index (χ0n) is 19.8. The third-order valence-corrected chi connectivity index (χ3v) is 3.83. The van der Waals surface area contributed by atoms with E-state index in [9.17, 15) is 14.4 Å². The molecule has 0 spiro atoms. The summed E-state index contributed by atoms with van der Waals surface area (Å²) in [6.45, 7) is 15.1. The van der Waals surface area contributed by atoms with Gasteiger partial charge in [-0.2, -0.15) is 9.58 Å². The standard InChI is InChI=1S/C21H29BrN4O6/c1-19(2,3)30-16(27)25(17(28)31-20(4,5)6)15-14-13(10-12(22)11-23-14)26(24-15)18(29)32-21(7,8)9/h10-11H,1-9H3. The third-order valence-electron chi connectivity index (χ3n) is 3.40. The average molecular weight is 513 g/mol. The average Bonchev–Trinajstić information content (AvgIpc) is 2.88. The number of hydrogen-bond donors (Lipinski definition) is 0. The van der Waals surface area contributed by atoms with Crippen LogP contribution >= 0.6 is 15.9 Å². The number of hydrogen-bond acceptors (Lipinski definition) is 8. The summed E-state index contributed by atoms with van der Waals surface area (Å²) in [7, 11) is 0. The predicted octanol–water partition coefficient (Wildman–Crippen LogP) is 5.65. The van der Waals surface area contributed by atoms with Gasteiger partial charge in [0.15, 0.2) is 5.82 Å². The first-order valence-electron chi connectivity index (χ1n) is 9.92. The first-order chi connectivity index (χ1) is 14.4. The summed E-state index contributed by atoms with van der Waals surface area (Å²) >= 11 is 3.31. The number of anilines is 1. The molecule has 0 aliphatic carbocycles. The molecule has 2 heterocycles. The highest BCUT2D eigenvalue weighted by atomic mass is 79.9. The number of fused-ring (bicyclic) bond motifs is 1. The fraction of sp³-hybridized carbons (Fsp3) is 0.571. The van der Waals surface area contributed by atoms with E-state index in [1.54, 1.807) is 68.4 Å². The van der Waals surface area contributed by atoms with E-state index in [0.717, 1.165) is 4.68 Å². The minimum atomic E-state index is -1.02. The first kappa shape index (κ1) is 25.6. The van der Waals surface area contributed by atoms with Crippen LogP contribution in [0.1, 0.15) is 62.3 Å². The predicted molar refractivity (Wildman–Crippen MR) is 122 cm³/mol. The summed E-state index contributed by atoms with van der Waals surface area (Å²) in [4.78, 5) is 43.7. The van der Waals surface area contributed by atoms with Crippen molar-refractivity contribution in [2.45, 2.75) is 79.1 Å². The molecule has 32 heavy (non-hydrogen) atoms. The molecule has 10 nitrogen and oxygen atoms in total. The van der Waals surface area contributed by atoms with Crippen LogP contribution in [0.4, 0.5) is 20.2 Å². The lowest BCUT2D eigenvalue weighted by Crippen LogP contribution is -2.44. The largest absolute Gasteiger partial charge is 0.443 e. The lowest BCUT2D eigenvalue weighted by molar-refractivity contribution is 0.0421. The molecular weight excluding hydrogens is 484 g/mol. The van der Waals surface area contributed by atoms with Gasteiger partial charge in [-0.3, -0.25) is 0 Å². The number of halogens is 1. The van der Waals surface area contributed by atoms with E-state index in [4.69, 9.17) is 14.2 Å². The van der Waals surface area contributed by atoms with Crippen LogP contribution in [-0.4, -0.2) is 49.8 Å². The molecule has 0 unspecified atom stereocenters. The Labute approximate surface area is 195 Å². The Hall–Kier alpha value is -2.69. The van der Waals surface area contributed by atoms with Gasteiger partial charge in [0.2, 0.25) is 0 Å². The van der Waals surface area contributed by atoms with E-state index in [2.05, 4.69) is 26.0 Å². The molecule has 0 saturated carbocycles. The molecule has 176 valence electrons. The molecule has 0 aromatic carbocycles. The molecule has 0 aliphatic rings. The maximum atomic E-state index is 13.0. The minimum Gasteiger partial charge on any atom is -0.443 e. The molecule has 0 fully saturated rings. The van der Waals surface area contributed by atoms with Crippen LogP contribution in [0.2, 0.25) is 0 Å². The van der Waals surface area contributed by atoms with Gasteiger partial charge < -0.3 is 14.2 Å². The number of ether oxygens (including phenoxy) is 3. The molecule has 0 atom stereocenters. The minimum absolute atomic E-state index is 0.107. The van der Waals surface area contributed by atoms with Gasteiger partial charge in [-0.1, -0.05) is 0 Å². The van der Waals surface area contributed by atoms with E-state index in [0.29, 0.717) is 9.37 Å². The van der Waals surface area contributed by atoms with Gasteiger partial charge in [0.05, 0.1) is 0 Å². The highest BCUT2D eigenvalue weighted by Gasteiger charge is 2.37. The number of pyridine rings is 1. The number of nitrogens with zero attached hydrogens (tertiary/aromatic N) is 4. The molecule has 2 aromatic heterocycles. The SMILES string of the molecule is CC(C)(C)OC(=O)N(C(=O)OC(C)(C)C)c1nn(C(=O)OC(C)(C)C)c2cc(Br)cnc12. The van der Waals surface area contributed by atoms with E-state index >= 15 is 0 Å². The monoisotopic (exact) mass is 512 g/mol. The summed E-state index contributed by atoms with van der Waals surface area (Å²) in [6, 6.07) is 1.57. The summed E-state index contributed by atoms with van der Waals surface area (Å²) in [6.07, 6.45) is -1.39. The van der Waals surface area contributed by atoms with Crippen LogP contribution in [0.3, 0.4) is 0 Å². The summed E-state index contributed by atoms with van der Waals surface area (Å²) < 4.78 is 17.7. The number of carbonyl (C=O) groups excluding carboxylic acids is 3. The summed E-state index contributed by atoms with van der Waals surface area (Å²) in [5, 5.41) is 4.20. The Kier molecular flexibility index (Phi) is 6.94. The molecule has 0 saturated heterocycles. The van der Waals surface area contributed by atoms with Gasteiger partial charge in [0.25, 0.3) is 0 Å². The van der Waals surface area contributed by atoms with Crippen LogP contribution in [0.5, 0.6) is 0 Å². The smallest absolute Gasteiger partial charge is 0.435 e. The number of rotatable bonds is 1. The van der Waals surface area contributed by atoms with Crippen molar-refractivity contribution in [3.05, 3.63) is 16.7 Å². The Morgan fingerprint density at radius 2 is 1.34 bits per heavy atom. The van der Waals surface area contributed by atoms with E-state index in [1.807, 2.05) is 0 Å². The summed E-state index contributed by atoms with van der Waals surface area (Å²) in [5.74, 6) is -0.221. The van der Waals surface area contributed by atoms with Crippen molar-refractivity contribution in [3.8, 4) is 0 Å². The van der Waals surface area contributed by atoms with Gasteiger partial charge in [-0.05, 0) is 84.3 Å². The van der Waals surface area contributed by atoms with Crippen molar-refractivity contribution in [2.24, 2.45) is 0 Å². The second kappa shape index (κ2) is 8.68. The van der Waals surface area contributed by atoms with Gasteiger partial charge in [0.1, 0.15) is 27.8 Å². The maximum absolute atomic E-state index is 13.0. The molecule has 2 aromatic rings. The van der Waals surface area contributed by atoms with E-state index in [1.165, 1.54) is 6.20 Å². The highest BCUT2D eigenvalue weighted by molar-refractivity contribution is 9.10. The Morgan fingerprint density at radius 3 is 1.78 bits per heavy atom. The van der Waals surface area contributed by atoms with Crippen molar-refractivity contribution in [1.29, 1.82) is 0 Å². The van der Waals surface area contributed by atoms with Gasteiger partial charge in [0, 0.05) is 10.7 Å². The van der Waals surface area contributed by atoms with Crippen molar-refractivity contribution in [1.82, 2.24) is 14.8 Å². The zero-order valence-corrected chi connectivity index (χ0v) is 21.4. The van der Waals surface area contributed by atoms with Crippen molar-refractivity contribution in [2.75, 3.05) is 4.90 Å². The molecule has 2 rings (SSSR count). The lowest BCUT2D eigenvalue weighted by Gasteiger charge is -2.27. The van der Waals surface area contributed by atoms with Crippen LogP contribution < -0.4 is 4.90 Å². The lowest BCUT2D eigenvalue weighted by atomic mass is 10.2. The second-order valence-corrected chi connectivity index (χ2v) is 10.9. The zero-order chi connectivity index (χ0) is 24.6. The quantitative estimate of drug-likeness (QED) is 0.450. The van der Waals surface area contributed by atoms with Crippen LogP contribution in [-0.2, 0) is 14.2 Å². The molecule has 0 radical (unpaired) electrons. The van der Waals surface area contributed by atoms with Crippen molar-refractivity contribution in [3.63, 3.8) is 0 Å². The summed E-state index contributed by atoms with van der Waals surface area (Å²) in [5.41, 5.74) is -2.28. The number of imide groups is 1. The Morgan fingerprint density at radius 1 is 0.875 bits per heavy atom. The van der Waals surface area contributed by atoms with Crippen LogP contribution in [0, 0.1) is 0 Å². The molecule has 11 heteroatoms. The van der Waals surface area contributed by atoms with Gasteiger partial charge in [-0.15, -0.1) is 5.10 Å². The fourth-order valence-corrected chi connectivity index (χ4v) is 2.74. The van der Waals surface area contributed by atoms with Crippen LogP contribution in [0.15, 0.2) is 16.7 Å². The normalized spacial score (nSPS) is 12.4. The molecule has 0 N–H and O–H groups in total. The van der Waals surface area contributed by atoms with Gasteiger partial charge >= 0.3 is 18.3 Å². The fourth-order valence-electron chi connectivity index (χ4n) is 2.42. The second-order valence-electron chi connectivity index (χ2n) is 10.0. The Bertz CT molecular complexity index is 1020. The molecular formula is C21H29BrN4O6. The maximum Gasteiger partial charge on any atom is 0.435 e. The molecule has 0 aliphatic heterocycles. The number of amides is 2. The number of aromatic nitrogens is 3. The number of carbonyl (C=O) groups is 3. The van der Waals surface area contributed by atoms with Crippen molar-refractivity contribution >= 4 is 51.1 Å². The topological polar surface area (TPSA) is 113 Å². The van der Waals surface area contributed by atoms with Crippen LogP contribution in [0.25, 0.3) is 11.0 Å². The first-order valence-corrected chi connectivity index (χ1v) is 10.7. The van der Waals surface area contributed by atoms with Gasteiger partial charge in [-0.25, -0.2) is 19.4 Å². The Balaban J connectivity index is 2.70. The van der Waals surface area contributed by atoms with E-state index in [-0.39, 0.29) is 16.9 Å². The van der Waals surface area contributed by atoms with Crippen molar-refractivity contribution < 1.29 is 28.6 Å². The van der Waals surface area contributed by atoms with E-state index < -0.39 is 35.1 Å².